The molecule has 1 amide bonds. The van der Waals surface area contributed by atoms with Gasteiger partial charge in [0, 0.05) is 15.6 Å². The van der Waals surface area contributed by atoms with Gasteiger partial charge in [-0.25, -0.2) is 0 Å². The van der Waals surface area contributed by atoms with E-state index in [1.54, 1.807) is 31.5 Å². The Hall–Kier alpha value is -2.02. The van der Waals surface area contributed by atoms with E-state index >= 15 is 0 Å². The SMILES string of the molecule is COc1ccccc1/C=N\N=C1/NC(=O)[C@H](Cc2c(Cl)cccc2Cl)S1. The minimum absolute atomic E-state index is 0.141. The first-order valence-electron chi connectivity index (χ1n) is 7.73. The van der Waals surface area contributed by atoms with E-state index in [0.29, 0.717) is 27.4 Å². The van der Waals surface area contributed by atoms with Crippen LogP contribution in [0.3, 0.4) is 0 Å². The number of hydrogen-bond acceptors (Lipinski definition) is 5. The Morgan fingerprint density at radius 3 is 2.65 bits per heavy atom. The molecule has 0 bridgehead atoms. The second kappa shape index (κ2) is 8.58. The Morgan fingerprint density at radius 1 is 1.19 bits per heavy atom. The lowest BCUT2D eigenvalue weighted by molar-refractivity contribution is -0.118. The molecule has 5 nitrogen and oxygen atoms in total. The normalized spacial score (nSPS) is 18.5. The number of methoxy groups -OCH3 is 1. The molecule has 1 fully saturated rings. The number of rotatable bonds is 5. The molecule has 0 radical (unpaired) electrons. The van der Waals surface area contributed by atoms with Crippen molar-refractivity contribution in [1.82, 2.24) is 5.32 Å². The standard InChI is InChI=1S/C18H15Cl2N3O2S/c1-25-15-8-3-2-5-11(15)10-21-23-18-22-17(24)16(26-18)9-12-13(19)6-4-7-14(12)20/h2-8,10,16H,9H2,1H3,(H,22,23,24)/b21-10-/t16-/m0/s1. The van der Waals surface area contributed by atoms with Crippen LogP contribution in [0, 0.1) is 0 Å². The lowest BCUT2D eigenvalue weighted by Gasteiger charge is -2.09. The summed E-state index contributed by atoms with van der Waals surface area (Å²) in [7, 11) is 1.59. The Bertz CT molecular complexity index is 866. The highest BCUT2D eigenvalue weighted by molar-refractivity contribution is 8.15. The van der Waals surface area contributed by atoms with E-state index in [9.17, 15) is 4.79 Å². The third-order valence-electron chi connectivity index (χ3n) is 3.71. The van der Waals surface area contributed by atoms with Crippen LogP contribution in [-0.2, 0) is 11.2 Å². The molecule has 0 spiro atoms. The maximum absolute atomic E-state index is 12.2. The number of amides is 1. The van der Waals surface area contributed by atoms with E-state index in [-0.39, 0.29) is 11.2 Å². The van der Waals surface area contributed by atoms with Crippen molar-refractivity contribution in [3.05, 3.63) is 63.6 Å². The number of thioether (sulfide) groups is 1. The van der Waals surface area contributed by atoms with E-state index in [1.165, 1.54) is 11.8 Å². The lowest BCUT2D eigenvalue weighted by atomic mass is 10.1. The second-order valence-electron chi connectivity index (χ2n) is 5.39. The molecule has 2 aromatic rings. The fourth-order valence-electron chi connectivity index (χ4n) is 2.42. The van der Waals surface area contributed by atoms with Crippen molar-refractivity contribution in [2.75, 3.05) is 7.11 Å². The van der Waals surface area contributed by atoms with Crippen LogP contribution in [0.2, 0.25) is 10.0 Å². The van der Waals surface area contributed by atoms with Gasteiger partial charge in [0.15, 0.2) is 5.17 Å². The van der Waals surface area contributed by atoms with Gasteiger partial charge < -0.3 is 10.1 Å². The smallest absolute Gasteiger partial charge is 0.239 e. The average molecular weight is 408 g/mol. The van der Waals surface area contributed by atoms with Gasteiger partial charge >= 0.3 is 0 Å². The molecule has 134 valence electrons. The number of ether oxygens (including phenoxy) is 1. The molecule has 1 aliphatic rings. The van der Waals surface area contributed by atoms with Gasteiger partial charge in [-0.3, -0.25) is 4.79 Å². The van der Waals surface area contributed by atoms with Gasteiger partial charge in [-0.1, -0.05) is 53.2 Å². The van der Waals surface area contributed by atoms with Crippen LogP contribution < -0.4 is 10.1 Å². The molecule has 1 heterocycles. The van der Waals surface area contributed by atoms with Gasteiger partial charge in [-0.05, 0) is 36.2 Å². The minimum atomic E-state index is -0.354. The Morgan fingerprint density at radius 2 is 1.92 bits per heavy atom. The summed E-state index contributed by atoms with van der Waals surface area (Å²) in [5, 5.41) is 12.0. The molecule has 0 aromatic heterocycles. The zero-order valence-electron chi connectivity index (χ0n) is 13.8. The summed E-state index contributed by atoms with van der Waals surface area (Å²) < 4.78 is 5.25. The number of benzene rings is 2. The van der Waals surface area contributed by atoms with Gasteiger partial charge in [0.1, 0.15) is 5.75 Å². The zero-order valence-corrected chi connectivity index (χ0v) is 16.1. The molecule has 1 saturated heterocycles. The summed E-state index contributed by atoms with van der Waals surface area (Å²) in [6, 6.07) is 12.7. The Labute approximate surface area is 165 Å². The van der Waals surface area contributed by atoms with Crippen LogP contribution >= 0.6 is 35.0 Å². The molecular weight excluding hydrogens is 393 g/mol. The number of carbonyl (C=O) groups excluding carboxylic acids is 1. The maximum Gasteiger partial charge on any atom is 0.239 e. The molecule has 1 N–H and O–H groups in total. The van der Waals surface area contributed by atoms with Crippen LogP contribution in [0.25, 0.3) is 0 Å². The van der Waals surface area contributed by atoms with Crippen molar-refractivity contribution in [3.63, 3.8) is 0 Å². The molecule has 0 saturated carbocycles. The van der Waals surface area contributed by atoms with E-state index in [1.807, 2.05) is 24.3 Å². The highest BCUT2D eigenvalue weighted by atomic mass is 35.5. The predicted molar refractivity (Wildman–Crippen MR) is 108 cm³/mol. The monoisotopic (exact) mass is 407 g/mol. The largest absolute Gasteiger partial charge is 0.496 e. The molecular formula is C18H15Cl2N3O2S. The number of hydrogen-bond donors (Lipinski definition) is 1. The Kier molecular flexibility index (Phi) is 6.19. The first kappa shape index (κ1) is 18.8. The molecule has 2 aromatic carbocycles. The molecule has 8 heteroatoms. The number of carbonyl (C=O) groups is 1. The van der Waals surface area contributed by atoms with Crippen molar-refractivity contribution in [2.24, 2.45) is 10.2 Å². The van der Waals surface area contributed by atoms with Crippen LogP contribution in [-0.4, -0.2) is 29.6 Å². The topological polar surface area (TPSA) is 63.1 Å². The quantitative estimate of drug-likeness (QED) is 0.597. The lowest BCUT2D eigenvalue weighted by Crippen LogP contribution is -2.26. The van der Waals surface area contributed by atoms with Crippen LogP contribution in [0.15, 0.2) is 52.7 Å². The molecule has 1 aliphatic heterocycles. The number of nitrogens with one attached hydrogen (secondary N) is 1. The third-order valence-corrected chi connectivity index (χ3v) is 5.49. The minimum Gasteiger partial charge on any atom is -0.496 e. The number of amidine groups is 1. The number of para-hydroxylation sites is 1. The third kappa shape index (κ3) is 4.38. The van der Waals surface area contributed by atoms with Crippen molar-refractivity contribution in [2.45, 2.75) is 11.7 Å². The fraction of sp³-hybridized carbons (Fsp3) is 0.167. The predicted octanol–water partition coefficient (Wildman–Crippen LogP) is 4.17. The Balaban J connectivity index is 1.69. The first-order valence-corrected chi connectivity index (χ1v) is 9.36. The number of halogens is 2. The molecule has 1 atom stereocenters. The van der Waals surface area contributed by atoms with Gasteiger partial charge in [0.05, 0.1) is 18.6 Å². The van der Waals surface area contributed by atoms with Crippen molar-refractivity contribution in [3.8, 4) is 5.75 Å². The molecule has 3 rings (SSSR count). The van der Waals surface area contributed by atoms with E-state index < -0.39 is 0 Å². The molecule has 0 aliphatic carbocycles. The van der Waals surface area contributed by atoms with Gasteiger partial charge in [-0.15, -0.1) is 5.10 Å². The summed E-state index contributed by atoms with van der Waals surface area (Å²) in [5.74, 6) is 0.558. The van der Waals surface area contributed by atoms with Gasteiger partial charge in [0.25, 0.3) is 0 Å². The highest BCUT2D eigenvalue weighted by Crippen LogP contribution is 2.30. The van der Waals surface area contributed by atoms with Crippen molar-refractivity contribution >= 4 is 52.3 Å². The summed E-state index contributed by atoms with van der Waals surface area (Å²) in [6.07, 6.45) is 2.00. The second-order valence-corrected chi connectivity index (χ2v) is 7.40. The van der Waals surface area contributed by atoms with Gasteiger partial charge in [0.2, 0.25) is 5.91 Å². The molecule has 26 heavy (non-hydrogen) atoms. The van der Waals surface area contributed by atoms with Crippen molar-refractivity contribution < 1.29 is 9.53 Å². The van der Waals surface area contributed by atoms with E-state index in [2.05, 4.69) is 15.5 Å². The average Bonchev–Trinajstić information content (AvgIpc) is 2.98. The van der Waals surface area contributed by atoms with Crippen LogP contribution in [0.5, 0.6) is 5.75 Å². The summed E-state index contributed by atoms with van der Waals surface area (Å²) in [4.78, 5) is 12.2. The highest BCUT2D eigenvalue weighted by Gasteiger charge is 2.31. The summed E-state index contributed by atoms with van der Waals surface area (Å²) in [5.41, 5.74) is 1.55. The summed E-state index contributed by atoms with van der Waals surface area (Å²) in [6.45, 7) is 0. The van der Waals surface area contributed by atoms with Gasteiger partial charge in [-0.2, -0.15) is 5.10 Å². The van der Waals surface area contributed by atoms with E-state index in [4.69, 9.17) is 27.9 Å². The zero-order chi connectivity index (χ0) is 18.5. The maximum atomic E-state index is 12.2. The van der Waals surface area contributed by atoms with Crippen LogP contribution in [0.1, 0.15) is 11.1 Å². The number of nitrogens with zero attached hydrogens (tertiary/aromatic N) is 2. The first-order chi connectivity index (χ1) is 12.6. The van der Waals surface area contributed by atoms with Crippen LogP contribution in [0.4, 0.5) is 0 Å². The van der Waals surface area contributed by atoms with E-state index in [0.717, 1.165) is 11.1 Å². The molecule has 0 unspecified atom stereocenters. The summed E-state index contributed by atoms with van der Waals surface area (Å²) >= 11 is 13.7. The van der Waals surface area contributed by atoms with Crippen molar-refractivity contribution in [1.29, 1.82) is 0 Å². The fourth-order valence-corrected chi connectivity index (χ4v) is 3.91.